The lowest BCUT2D eigenvalue weighted by Gasteiger charge is -2.27. The number of nitrogens with zero attached hydrogens (tertiary/aromatic N) is 2. The molecule has 2 rings (SSSR count). The maximum absolute atomic E-state index is 5.43. The van der Waals surface area contributed by atoms with Gasteiger partial charge in [0.25, 0.3) is 0 Å². The van der Waals surface area contributed by atoms with Gasteiger partial charge >= 0.3 is 0 Å². The van der Waals surface area contributed by atoms with E-state index in [-0.39, 0.29) is 0 Å². The molecular weight excluding hydrogens is 308 g/mol. The molecule has 0 amide bonds. The minimum Gasteiger partial charge on any atom is -0.379 e. The fraction of sp³-hybridized carbons (Fsp3) is 0.588. The van der Waals surface area contributed by atoms with E-state index >= 15 is 0 Å². The Morgan fingerprint density at radius 1 is 1.22 bits per heavy atom. The summed E-state index contributed by atoms with van der Waals surface area (Å²) >= 11 is 1.83. The Morgan fingerprint density at radius 3 is 2.65 bits per heavy atom. The number of thioether (sulfide) groups is 1. The van der Waals surface area contributed by atoms with Gasteiger partial charge in [0.15, 0.2) is 5.96 Å². The van der Waals surface area contributed by atoms with Gasteiger partial charge in [0, 0.05) is 45.5 Å². The van der Waals surface area contributed by atoms with E-state index in [1.54, 1.807) is 0 Å². The molecule has 1 fully saturated rings. The highest BCUT2D eigenvalue weighted by molar-refractivity contribution is 7.98. The predicted octanol–water partition coefficient (Wildman–Crippen LogP) is 1.55. The van der Waals surface area contributed by atoms with Crippen LogP contribution in [0.25, 0.3) is 0 Å². The van der Waals surface area contributed by atoms with Gasteiger partial charge in [-0.15, -0.1) is 0 Å². The van der Waals surface area contributed by atoms with Crippen molar-refractivity contribution in [3.8, 4) is 0 Å². The van der Waals surface area contributed by atoms with Crippen LogP contribution in [0.4, 0.5) is 0 Å². The average molecular weight is 337 g/mol. The predicted molar refractivity (Wildman–Crippen MR) is 99.1 cm³/mol. The Bertz CT molecular complexity index is 489. The van der Waals surface area contributed by atoms with Gasteiger partial charge in [0.1, 0.15) is 0 Å². The number of ether oxygens (including phenoxy) is 1. The molecule has 1 aliphatic heterocycles. The second-order valence-electron chi connectivity index (χ2n) is 5.50. The zero-order valence-corrected chi connectivity index (χ0v) is 15.0. The highest BCUT2D eigenvalue weighted by Gasteiger charge is 2.12. The number of morpholine rings is 1. The Hall–Kier alpha value is -1.24. The number of aliphatic imine (C=N–C) groups is 1. The van der Waals surface area contributed by atoms with Gasteiger partial charge in [0.05, 0.1) is 13.2 Å². The topological polar surface area (TPSA) is 48.9 Å². The SMILES string of the molecule is CN=C(NCCSC)NCc1ccccc1CN1CCOCC1. The summed E-state index contributed by atoms with van der Waals surface area (Å²) < 4.78 is 5.43. The van der Waals surface area contributed by atoms with E-state index in [0.717, 1.165) is 57.6 Å². The Morgan fingerprint density at radius 2 is 1.96 bits per heavy atom. The van der Waals surface area contributed by atoms with Crippen molar-refractivity contribution in [2.24, 2.45) is 4.99 Å². The Kier molecular flexibility index (Phi) is 8.28. The molecule has 0 bridgehead atoms. The first-order valence-electron chi connectivity index (χ1n) is 8.14. The molecule has 2 N–H and O–H groups in total. The van der Waals surface area contributed by atoms with Crippen molar-refractivity contribution in [2.75, 3.05) is 51.9 Å². The van der Waals surface area contributed by atoms with Crippen LogP contribution < -0.4 is 10.6 Å². The minimum atomic E-state index is 0.791. The largest absolute Gasteiger partial charge is 0.379 e. The second kappa shape index (κ2) is 10.5. The number of hydrogen-bond donors (Lipinski definition) is 2. The highest BCUT2D eigenvalue weighted by Crippen LogP contribution is 2.12. The molecule has 0 atom stereocenters. The minimum absolute atomic E-state index is 0.791. The summed E-state index contributed by atoms with van der Waals surface area (Å²) in [7, 11) is 1.81. The van der Waals surface area contributed by atoms with Gasteiger partial charge < -0.3 is 15.4 Å². The van der Waals surface area contributed by atoms with Gasteiger partial charge in [-0.25, -0.2) is 0 Å². The molecule has 1 aromatic rings. The smallest absolute Gasteiger partial charge is 0.191 e. The van der Waals surface area contributed by atoms with Crippen LogP contribution in [-0.2, 0) is 17.8 Å². The zero-order valence-electron chi connectivity index (χ0n) is 14.2. The molecule has 0 aromatic heterocycles. The summed E-state index contributed by atoms with van der Waals surface area (Å²) in [5, 5.41) is 6.74. The van der Waals surface area contributed by atoms with Crippen LogP contribution in [0.3, 0.4) is 0 Å². The lowest BCUT2D eigenvalue weighted by Crippen LogP contribution is -2.38. The van der Waals surface area contributed by atoms with Crippen molar-refractivity contribution in [1.29, 1.82) is 0 Å². The lowest BCUT2D eigenvalue weighted by molar-refractivity contribution is 0.0341. The quantitative estimate of drug-likeness (QED) is 0.449. The molecule has 0 saturated carbocycles. The van der Waals surface area contributed by atoms with Crippen LogP contribution in [0, 0.1) is 0 Å². The van der Waals surface area contributed by atoms with Crippen molar-refractivity contribution in [3.63, 3.8) is 0 Å². The number of hydrogen-bond acceptors (Lipinski definition) is 4. The third kappa shape index (κ3) is 6.41. The fourth-order valence-corrected chi connectivity index (χ4v) is 2.86. The van der Waals surface area contributed by atoms with E-state index in [2.05, 4.69) is 51.0 Å². The summed E-state index contributed by atoms with van der Waals surface area (Å²) in [6, 6.07) is 8.63. The fourth-order valence-electron chi connectivity index (χ4n) is 2.56. The molecular formula is C17H28N4OS. The number of guanidine groups is 1. The molecule has 0 spiro atoms. The monoisotopic (exact) mass is 336 g/mol. The average Bonchev–Trinajstić information content (AvgIpc) is 2.60. The maximum atomic E-state index is 5.43. The van der Waals surface area contributed by atoms with Crippen LogP contribution in [-0.4, -0.2) is 62.8 Å². The Balaban J connectivity index is 1.88. The van der Waals surface area contributed by atoms with E-state index in [4.69, 9.17) is 4.74 Å². The van der Waals surface area contributed by atoms with Crippen LogP contribution in [0.1, 0.15) is 11.1 Å². The second-order valence-corrected chi connectivity index (χ2v) is 6.49. The summed E-state index contributed by atoms with van der Waals surface area (Å²) in [6.07, 6.45) is 2.11. The highest BCUT2D eigenvalue weighted by atomic mass is 32.2. The van der Waals surface area contributed by atoms with E-state index < -0.39 is 0 Å². The molecule has 5 nitrogen and oxygen atoms in total. The number of rotatable bonds is 7. The van der Waals surface area contributed by atoms with E-state index in [1.807, 2.05) is 18.8 Å². The molecule has 1 aromatic carbocycles. The number of benzene rings is 1. The molecule has 128 valence electrons. The van der Waals surface area contributed by atoms with Crippen molar-refractivity contribution >= 4 is 17.7 Å². The molecule has 1 aliphatic rings. The van der Waals surface area contributed by atoms with Crippen LogP contribution in [0.5, 0.6) is 0 Å². The van der Waals surface area contributed by atoms with Crippen molar-refractivity contribution in [2.45, 2.75) is 13.1 Å². The Labute approximate surface area is 143 Å². The third-order valence-electron chi connectivity index (χ3n) is 3.88. The summed E-state index contributed by atoms with van der Waals surface area (Å²) in [4.78, 5) is 6.73. The first kappa shape index (κ1) is 18.1. The van der Waals surface area contributed by atoms with Gasteiger partial charge in [-0.05, 0) is 17.4 Å². The molecule has 1 heterocycles. The van der Waals surface area contributed by atoms with Crippen molar-refractivity contribution in [3.05, 3.63) is 35.4 Å². The molecule has 6 heteroatoms. The van der Waals surface area contributed by atoms with Gasteiger partial charge in [-0.1, -0.05) is 24.3 Å². The summed E-state index contributed by atoms with van der Waals surface area (Å²) in [5.74, 6) is 1.94. The first-order chi connectivity index (χ1) is 11.3. The van der Waals surface area contributed by atoms with Gasteiger partial charge in [0.2, 0.25) is 0 Å². The normalized spacial score (nSPS) is 16.3. The van der Waals surface area contributed by atoms with E-state index in [0.29, 0.717) is 0 Å². The van der Waals surface area contributed by atoms with Crippen LogP contribution in [0.15, 0.2) is 29.3 Å². The van der Waals surface area contributed by atoms with Crippen molar-refractivity contribution < 1.29 is 4.74 Å². The van der Waals surface area contributed by atoms with Crippen molar-refractivity contribution in [1.82, 2.24) is 15.5 Å². The van der Waals surface area contributed by atoms with E-state index in [9.17, 15) is 0 Å². The molecule has 0 unspecified atom stereocenters. The summed E-state index contributed by atoms with van der Waals surface area (Å²) in [6.45, 7) is 6.41. The van der Waals surface area contributed by atoms with Crippen LogP contribution in [0.2, 0.25) is 0 Å². The van der Waals surface area contributed by atoms with E-state index in [1.165, 1.54) is 11.1 Å². The summed E-state index contributed by atoms with van der Waals surface area (Å²) in [5.41, 5.74) is 2.70. The van der Waals surface area contributed by atoms with Gasteiger partial charge in [-0.2, -0.15) is 11.8 Å². The van der Waals surface area contributed by atoms with Crippen LogP contribution >= 0.6 is 11.8 Å². The van der Waals surface area contributed by atoms with Gasteiger partial charge in [-0.3, -0.25) is 9.89 Å². The molecule has 1 saturated heterocycles. The first-order valence-corrected chi connectivity index (χ1v) is 9.53. The lowest BCUT2D eigenvalue weighted by atomic mass is 10.1. The molecule has 23 heavy (non-hydrogen) atoms. The number of nitrogens with one attached hydrogen (secondary N) is 2. The molecule has 0 aliphatic carbocycles. The maximum Gasteiger partial charge on any atom is 0.191 e. The molecule has 0 radical (unpaired) electrons. The zero-order chi connectivity index (χ0) is 16.3. The third-order valence-corrected chi connectivity index (χ3v) is 4.50. The standard InChI is InChI=1S/C17H28N4OS/c1-18-17(19-7-12-23-2)20-13-15-5-3-4-6-16(15)14-21-8-10-22-11-9-21/h3-6H,7-14H2,1-2H3,(H2,18,19,20).